The maximum absolute atomic E-state index is 12.9. The highest BCUT2D eigenvalue weighted by Crippen LogP contribution is 2.29. The molecule has 1 aromatic heterocycles. The first-order valence-electron chi connectivity index (χ1n) is 13.6. The molecule has 9 heteroatoms. The first-order chi connectivity index (χ1) is 19.9. The van der Waals surface area contributed by atoms with Crippen LogP contribution in [0.1, 0.15) is 21.5 Å². The van der Waals surface area contributed by atoms with Gasteiger partial charge in [-0.1, -0.05) is 29.8 Å². The number of carbonyl (C=O) groups excluding carboxylic acids is 1. The largest absolute Gasteiger partial charge is 0.380 e. The van der Waals surface area contributed by atoms with Crippen LogP contribution >= 0.6 is 0 Å². The van der Waals surface area contributed by atoms with Gasteiger partial charge in [-0.05, 0) is 61.9 Å². The Balaban J connectivity index is 1.31. The van der Waals surface area contributed by atoms with Gasteiger partial charge in [0.15, 0.2) is 5.82 Å². The van der Waals surface area contributed by atoms with Gasteiger partial charge < -0.3 is 24.8 Å². The molecule has 41 heavy (non-hydrogen) atoms. The second-order valence-electron chi connectivity index (χ2n) is 10.0. The zero-order valence-electron chi connectivity index (χ0n) is 23.6. The molecule has 0 bridgehead atoms. The Kier molecular flexibility index (Phi) is 8.55. The monoisotopic (exact) mass is 550 g/mol. The first-order valence-corrected chi connectivity index (χ1v) is 13.6. The molecule has 5 rings (SSSR count). The van der Waals surface area contributed by atoms with Gasteiger partial charge in [-0.25, -0.2) is 4.98 Å². The van der Waals surface area contributed by atoms with Crippen LogP contribution in [-0.4, -0.2) is 59.4 Å². The molecular weight excluding hydrogens is 516 g/mol. The average Bonchev–Trinajstić information content (AvgIpc) is 2.99. The van der Waals surface area contributed by atoms with E-state index in [9.17, 15) is 9.59 Å². The summed E-state index contributed by atoms with van der Waals surface area (Å²) >= 11 is 0. The number of ether oxygens (including phenoxy) is 1. The molecule has 2 N–H and O–H groups in total. The number of hydrogen-bond donors (Lipinski definition) is 2. The average molecular weight is 551 g/mol. The number of aromatic nitrogens is 2. The van der Waals surface area contributed by atoms with Crippen LogP contribution in [0.3, 0.4) is 0 Å². The van der Waals surface area contributed by atoms with Crippen molar-refractivity contribution >= 4 is 35.0 Å². The summed E-state index contributed by atoms with van der Waals surface area (Å²) in [6.07, 6.45) is 3.58. The molecular formula is C32H34N6O3. The van der Waals surface area contributed by atoms with Gasteiger partial charge in [0.2, 0.25) is 0 Å². The summed E-state index contributed by atoms with van der Waals surface area (Å²) in [6.45, 7) is 6.93. The van der Waals surface area contributed by atoms with Crippen molar-refractivity contribution in [3.05, 3.63) is 100.0 Å². The van der Waals surface area contributed by atoms with Gasteiger partial charge in [0.1, 0.15) is 0 Å². The van der Waals surface area contributed by atoms with E-state index in [1.54, 1.807) is 42.4 Å². The summed E-state index contributed by atoms with van der Waals surface area (Å²) in [5.41, 5.74) is 6.60. The normalized spacial score (nSPS) is 13.4. The summed E-state index contributed by atoms with van der Waals surface area (Å²) in [4.78, 5) is 36.8. The maximum atomic E-state index is 12.9. The van der Waals surface area contributed by atoms with Gasteiger partial charge in [-0.2, -0.15) is 0 Å². The molecule has 0 radical (unpaired) electrons. The number of anilines is 3. The SMILES string of the molecule is Cc1ccc(NCC=Nc2cccc(-c3cn(C)c(=O)c(Nc4ccc(C(=O)N5CCOCC5)cc4)n3)c2C)cc1. The van der Waals surface area contributed by atoms with Crippen LogP contribution in [0, 0.1) is 13.8 Å². The molecule has 9 nitrogen and oxygen atoms in total. The van der Waals surface area contributed by atoms with Crippen LogP contribution < -0.4 is 16.2 Å². The Hall–Kier alpha value is -4.76. The van der Waals surface area contributed by atoms with Crippen molar-refractivity contribution in [1.82, 2.24) is 14.5 Å². The number of nitrogens with one attached hydrogen (secondary N) is 2. The predicted molar refractivity (Wildman–Crippen MR) is 164 cm³/mol. The second kappa shape index (κ2) is 12.6. The molecule has 0 saturated carbocycles. The van der Waals surface area contributed by atoms with Crippen molar-refractivity contribution in [1.29, 1.82) is 0 Å². The van der Waals surface area contributed by atoms with Crippen LogP contribution in [0.15, 0.2) is 82.7 Å². The van der Waals surface area contributed by atoms with Crippen LogP contribution in [0.5, 0.6) is 0 Å². The molecule has 3 aromatic carbocycles. The Morgan fingerprint density at radius 1 is 1.00 bits per heavy atom. The molecule has 2 heterocycles. The fourth-order valence-corrected chi connectivity index (χ4v) is 4.62. The van der Waals surface area contributed by atoms with Gasteiger partial charge in [0, 0.05) is 55.1 Å². The molecule has 210 valence electrons. The van der Waals surface area contributed by atoms with Crippen molar-refractivity contribution in [2.45, 2.75) is 13.8 Å². The highest BCUT2D eigenvalue weighted by Gasteiger charge is 2.18. The number of rotatable bonds is 8. The number of hydrogen-bond acceptors (Lipinski definition) is 7. The third-order valence-electron chi connectivity index (χ3n) is 7.02. The number of benzene rings is 3. The molecule has 4 aromatic rings. The lowest BCUT2D eigenvalue weighted by Crippen LogP contribution is -2.40. The number of carbonyl (C=O) groups is 1. The van der Waals surface area contributed by atoms with Gasteiger partial charge in [0.25, 0.3) is 11.5 Å². The molecule has 0 unspecified atom stereocenters. The summed E-state index contributed by atoms with van der Waals surface area (Å²) in [6, 6.07) is 21.2. The van der Waals surface area contributed by atoms with Gasteiger partial charge in [-0.3, -0.25) is 14.6 Å². The van der Waals surface area contributed by atoms with Crippen molar-refractivity contribution < 1.29 is 9.53 Å². The Labute approximate surface area is 239 Å². The maximum Gasteiger partial charge on any atom is 0.293 e. The molecule has 0 aliphatic carbocycles. The van der Waals surface area contributed by atoms with Crippen molar-refractivity contribution in [2.24, 2.45) is 12.0 Å². The van der Waals surface area contributed by atoms with E-state index < -0.39 is 0 Å². The molecule has 0 spiro atoms. The Morgan fingerprint density at radius 3 is 2.44 bits per heavy atom. The van der Waals surface area contributed by atoms with Crippen LogP contribution in [0.4, 0.5) is 22.9 Å². The highest BCUT2D eigenvalue weighted by atomic mass is 16.5. The second-order valence-corrected chi connectivity index (χ2v) is 10.0. The zero-order valence-corrected chi connectivity index (χ0v) is 23.6. The summed E-state index contributed by atoms with van der Waals surface area (Å²) < 4.78 is 6.85. The van der Waals surface area contributed by atoms with E-state index in [-0.39, 0.29) is 17.3 Å². The lowest BCUT2D eigenvalue weighted by molar-refractivity contribution is 0.0303. The first kappa shape index (κ1) is 27.8. The van der Waals surface area contributed by atoms with E-state index in [1.807, 2.05) is 43.5 Å². The fraction of sp³-hybridized carbons (Fsp3) is 0.250. The minimum atomic E-state index is -0.253. The summed E-state index contributed by atoms with van der Waals surface area (Å²) in [5, 5.41) is 6.48. The number of aryl methyl sites for hydroxylation is 2. The molecule has 1 saturated heterocycles. The van der Waals surface area contributed by atoms with Gasteiger partial charge >= 0.3 is 0 Å². The molecule has 1 fully saturated rings. The number of aliphatic imine (C=N–C) groups is 1. The minimum absolute atomic E-state index is 0.0279. The van der Waals surface area contributed by atoms with E-state index >= 15 is 0 Å². The number of morpholine rings is 1. The lowest BCUT2D eigenvalue weighted by Gasteiger charge is -2.26. The quantitative estimate of drug-likeness (QED) is 0.296. The molecule has 0 atom stereocenters. The highest BCUT2D eigenvalue weighted by molar-refractivity contribution is 5.94. The van der Waals surface area contributed by atoms with Crippen molar-refractivity contribution in [3.8, 4) is 11.3 Å². The standard InChI is InChI=1S/C32H34N6O3/c1-22-7-11-25(12-8-22)33-15-16-34-28-6-4-5-27(23(28)2)29-21-37(3)32(40)30(36-29)35-26-13-9-24(10-14-26)31(39)38-17-19-41-20-18-38/h4-14,16,21,33H,15,17-20H2,1-3H3,(H,35,36). The fourth-order valence-electron chi connectivity index (χ4n) is 4.62. The van der Waals surface area contributed by atoms with E-state index in [0.29, 0.717) is 49.8 Å². The van der Waals surface area contributed by atoms with Crippen molar-refractivity contribution in [3.63, 3.8) is 0 Å². The topological polar surface area (TPSA) is 101 Å². The van der Waals surface area contributed by atoms with E-state index in [4.69, 9.17) is 4.74 Å². The van der Waals surface area contributed by atoms with Gasteiger partial charge in [-0.15, -0.1) is 0 Å². The van der Waals surface area contributed by atoms with Crippen LogP contribution in [0.25, 0.3) is 11.3 Å². The Bertz CT molecular complexity index is 1600. The van der Waals surface area contributed by atoms with Crippen LogP contribution in [0.2, 0.25) is 0 Å². The third kappa shape index (κ3) is 6.70. The lowest BCUT2D eigenvalue weighted by atomic mass is 10.0. The third-order valence-corrected chi connectivity index (χ3v) is 7.02. The smallest absolute Gasteiger partial charge is 0.293 e. The van der Waals surface area contributed by atoms with E-state index in [0.717, 1.165) is 22.5 Å². The van der Waals surface area contributed by atoms with Crippen molar-refractivity contribution in [2.75, 3.05) is 43.5 Å². The summed E-state index contributed by atoms with van der Waals surface area (Å²) in [7, 11) is 1.71. The minimum Gasteiger partial charge on any atom is -0.380 e. The predicted octanol–water partition coefficient (Wildman–Crippen LogP) is 5.09. The van der Waals surface area contributed by atoms with Crippen LogP contribution in [-0.2, 0) is 11.8 Å². The zero-order chi connectivity index (χ0) is 28.8. The Morgan fingerprint density at radius 2 is 1.71 bits per heavy atom. The van der Waals surface area contributed by atoms with Gasteiger partial charge in [0.05, 0.1) is 31.1 Å². The van der Waals surface area contributed by atoms with E-state index in [1.165, 1.54) is 10.1 Å². The molecule has 1 amide bonds. The van der Waals surface area contributed by atoms with E-state index in [2.05, 4.69) is 39.7 Å². The number of nitrogens with zero attached hydrogens (tertiary/aromatic N) is 4. The number of amides is 1. The molecule has 1 aliphatic rings. The summed E-state index contributed by atoms with van der Waals surface area (Å²) in [5.74, 6) is 0.174. The molecule has 1 aliphatic heterocycles.